The number of amides is 2. The molecule has 1 aromatic carbocycles. The Balaban J connectivity index is 1.47. The second-order valence-electron chi connectivity index (χ2n) is 8.64. The van der Waals surface area contributed by atoms with Crippen LogP contribution in [0.1, 0.15) is 79.3 Å². The van der Waals surface area contributed by atoms with Crippen molar-refractivity contribution in [1.82, 2.24) is 14.9 Å². The molecule has 1 aromatic heterocycles. The molecule has 4 rings (SSSR count). The summed E-state index contributed by atoms with van der Waals surface area (Å²) in [7, 11) is 0. The molecule has 2 heterocycles. The van der Waals surface area contributed by atoms with Crippen LogP contribution < -0.4 is 5.32 Å². The zero-order valence-electron chi connectivity index (χ0n) is 17.9. The Bertz CT molecular complexity index is 941. The van der Waals surface area contributed by atoms with E-state index >= 15 is 0 Å². The number of carbonyl (C=O) groups excluding carboxylic acids is 2. The molecule has 31 heavy (non-hydrogen) atoms. The maximum atomic E-state index is 13.0. The van der Waals surface area contributed by atoms with Crippen LogP contribution in [-0.2, 0) is 4.79 Å². The van der Waals surface area contributed by atoms with E-state index in [-0.39, 0.29) is 17.9 Å². The van der Waals surface area contributed by atoms with Crippen molar-refractivity contribution in [3.05, 3.63) is 52.6 Å². The number of piperidine rings is 1. The molecule has 1 saturated heterocycles. The minimum absolute atomic E-state index is 0.102. The normalized spacial score (nSPS) is 19.4. The number of hydrogen-bond donors (Lipinski definition) is 1. The summed E-state index contributed by atoms with van der Waals surface area (Å²) in [6.45, 7) is 2.58. The summed E-state index contributed by atoms with van der Waals surface area (Å²) < 4.78 is 0. The van der Waals surface area contributed by atoms with Crippen LogP contribution in [0.15, 0.2) is 30.5 Å². The Labute approximate surface area is 188 Å². The van der Waals surface area contributed by atoms with Gasteiger partial charge in [0.15, 0.2) is 5.82 Å². The summed E-state index contributed by atoms with van der Waals surface area (Å²) in [6.07, 6.45) is 9.97. The highest BCUT2D eigenvalue weighted by Crippen LogP contribution is 2.33. The molecule has 164 valence electrons. The van der Waals surface area contributed by atoms with Gasteiger partial charge in [-0.1, -0.05) is 24.4 Å². The van der Waals surface area contributed by atoms with E-state index < -0.39 is 0 Å². The number of halogens is 1. The van der Waals surface area contributed by atoms with Gasteiger partial charge >= 0.3 is 0 Å². The molecule has 1 aliphatic heterocycles. The van der Waals surface area contributed by atoms with E-state index in [0.29, 0.717) is 40.1 Å². The van der Waals surface area contributed by atoms with Crippen molar-refractivity contribution in [2.45, 2.75) is 64.3 Å². The Hall–Kier alpha value is -2.47. The van der Waals surface area contributed by atoms with Crippen LogP contribution in [0.25, 0.3) is 0 Å². The lowest BCUT2D eigenvalue weighted by Gasteiger charge is -2.35. The highest BCUT2D eigenvalue weighted by atomic mass is 35.5. The number of likely N-dealkylation sites (tertiary alicyclic amines) is 1. The third-order valence-corrected chi connectivity index (χ3v) is 6.66. The first-order valence-electron chi connectivity index (χ1n) is 11.2. The van der Waals surface area contributed by atoms with Gasteiger partial charge in [0, 0.05) is 29.9 Å². The van der Waals surface area contributed by atoms with Crippen LogP contribution in [0.2, 0.25) is 5.02 Å². The fourth-order valence-electron chi connectivity index (χ4n) is 4.68. The van der Waals surface area contributed by atoms with Crippen LogP contribution >= 0.6 is 11.6 Å². The van der Waals surface area contributed by atoms with Crippen LogP contribution in [0.3, 0.4) is 0 Å². The Kier molecular flexibility index (Phi) is 6.86. The highest BCUT2D eigenvalue weighted by Gasteiger charge is 2.32. The van der Waals surface area contributed by atoms with E-state index in [1.165, 1.54) is 12.8 Å². The molecule has 1 aliphatic carbocycles. The molecule has 1 N–H and O–H groups in total. The highest BCUT2D eigenvalue weighted by molar-refractivity contribution is 6.30. The molecular formula is C24H29ClN4O2. The molecule has 1 saturated carbocycles. The maximum absolute atomic E-state index is 13.0. The summed E-state index contributed by atoms with van der Waals surface area (Å²) in [5.41, 5.74) is 1.71. The van der Waals surface area contributed by atoms with Crippen molar-refractivity contribution in [3.8, 4) is 0 Å². The first-order valence-corrected chi connectivity index (χ1v) is 11.6. The van der Waals surface area contributed by atoms with E-state index in [1.54, 1.807) is 30.5 Å². The molecule has 7 heteroatoms. The van der Waals surface area contributed by atoms with Gasteiger partial charge in [-0.2, -0.15) is 0 Å². The molecule has 2 amide bonds. The predicted molar refractivity (Wildman–Crippen MR) is 121 cm³/mol. The third-order valence-electron chi connectivity index (χ3n) is 6.40. The van der Waals surface area contributed by atoms with Crippen LogP contribution in [0.5, 0.6) is 0 Å². The van der Waals surface area contributed by atoms with E-state index in [0.717, 1.165) is 38.6 Å². The topological polar surface area (TPSA) is 75.2 Å². The molecule has 1 atom stereocenters. The number of carbonyl (C=O) groups is 2. The minimum atomic E-state index is -0.260. The molecule has 0 unspecified atom stereocenters. The van der Waals surface area contributed by atoms with Crippen molar-refractivity contribution >= 4 is 29.1 Å². The van der Waals surface area contributed by atoms with Crippen molar-refractivity contribution in [3.63, 3.8) is 0 Å². The maximum Gasteiger partial charge on any atom is 0.259 e. The number of benzene rings is 1. The molecule has 0 radical (unpaired) electrons. The number of anilines is 1. The first kappa shape index (κ1) is 21.8. The molecule has 2 fully saturated rings. The van der Waals surface area contributed by atoms with E-state index in [9.17, 15) is 9.59 Å². The van der Waals surface area contributed by atoms with Gasteiger partial charge in [-0.15, -0.1) is 0 Å². The lowest BCUT2D eigenvalue weighted by Crippen LogP contribution is -2.40. The fraction of sp³-hybridized carbons (Fsp3) is 0.500. The lowest BCUT2D eigenvalue weighted by molar-refractivity contribution is -0.136. The van der Waals surface area contributed by atoms with Gasteiger partial charge in [0.05, 0.1) is 17.3 Å². The second kappa shape index (κ2) is 9.77. The Morgan fingerprint density at radius 2 is 1.81 bits per heavy atom. The summed E-state index contributed by atoms with van der Waals surface area (Å²) in [6, 6.07) is 6.85. The van der Waals surface area contributed by atoms with Crippen molar-refractivity contribution < 1.29 is 9.59 Å². The minimum Gasteiger partial charge on any atom is -0.332 e. The van der Waals surface area contributed by atoms with Crippen molar-refractivity contribution in [2.75, 3.05) is 11.9 Å². The Morgan fingerprint density at radius 3 is 2.52 bits per heavy atom. The third kappa shape index (κ3) is 5.24. The lowest BCUT2D eigenvalue weighted by atomic mass is 9.97. The van der Waals surface area contributed by atoms with Crippen LogP contribution in [0.4, 0.5) is 5.69 Å². The van der Waals surface area contributed by atoms with Crippen molar-refractivity contribution in [1.29, 1.82) is 0 Å². The second-order valence-corrected chi connectivity index (χ2v) is 9.08. The van der Waals surface area contributed by atoms with Crippen LogP contribution in [-0.4, -0.2) is 33.2 Å². The molecule has 2 aromatic rings. The summed E-state index contributed by atoms with van der Waals surface area (Å²) in [5, 5.41) is 3.46. The molecule has 0 bridgehead atoms. The quantitative estimate of drug-likeness (QED) is 0.682. The van der Waals surface area contributed by atoms with Crippen molar-refractivity contribution in [2.24, 2.45) is 5.92 Å². The zero-order valence-corrected chi connectivity index (χ0v) is 18.7. The number of rotatable bonds is 5. The number of hydrogen-bond acceptors (Lipinski definition) is 4. The van der Waals surface area contributed by atoms with Gasteiger partial charge in [0.2, 0.25) is 5.91 Å². The molecule has 2 aliphatic rings. The van der Waals surface area contributed by atoms with Gasteiger partial charge in [-0.25, -0.2) is 9.97 Å². The number of aromatic nitrogens is 2. The van der Waals surface area contributed by atoms with Gasteiger partial charge in [0.25, 0.3) is 5.91 Å². The molecule has 0 spiro atoms. The number of nitrogens with zero attached hydrogens (tertiary/aromatic N) is 3. The van der Waals surface area contributed by atoms with E-state index in [1.807, 2.05) is 11.8 Å². The van der Waals surface area contributed by atoms with Gasteiger partial charge in [-0.05, 0) is 69.2 Å². The van der Waals surface area contributed by atoms with E-state index in [4.69, 9.17) is 11.6 Å². The number of aryl methyl sites for hydroxylation is 1. The SMILES string of the molecule is Cc1nc([C@H]2CCCCN2C(=O)CC2CCCC2)ncc1C(=O)Nc1ccc(Cl)cc1. The van der Waals surface area contributed by atoms with Gasteiger partial charge < -0.3 is 10.2 Å². The standard InChI is InChI=1S/C24H29ClN4O2/c1-16-20(24(31)28-19-11-9-18(25)10-12-19)15-26-23(27-16)21-8-4-5-13-29(21)22(30)14-17-6-2-3-7-17/h9-12,15,17,21H,2-8,13-14H2,1H3,(H,28,31)/t21-/m1/s1. The van der Waals surface area contributed by atoms with E-state index in [2.05, 4.69) is 15.3 Å². The number of nitrogens with one attached hydrogen (secondary N) is 1. The summed E-state index contributed by atoms with van der Waals surface area (Å²) in [4.78, 5) is 36.9. The first-order chi connectivity index (χ1) is 15.0. The monoisotopic (exact) mass is 440 g/mol. The van der Waals surface area contributed by atoms with Gasteiger partial charge in [-0.3, -0.25) is 9.59 Å². The predicted octanol–water partition coefficient (Wildman–Crippen LogP) is 5.32. The fourth-order valence-corrected chi connectivity index (χ4v) is 4.80. The average molecular weight is 441 g/mol. The van der Waals surface area contributed by atoms with Gasteiger partial charge in [0.1, 0.15) is 0 Å². The average Bonchev–Trinajstić information content (AvgIpc) is 3.28. The summed E-state index contributed by atoms with van der Waals surface area (Å²) in [5.74, 6) is 1.13. The molecular weight excluding hydrogens is 412 g/mol. The summed E-state index contributed by atoms with van der Waals surface area (Å²) >= 11 is 5.90. The largest absolute Gasteiger partial charge is 0.332 e. The zero-order chi connectivity index (χ0) is 21.8. The Morgan fingerprint density at radius 1 is 1.10 bits per heavy atom. The smallest absolute Gasteiger partial charge is 0.259 e. The van der Waals surface area contributed by atoms with Crippen LogP contribution in [0, 0.1) is 12.8 Å². The molecule has 6 nitrogen and oxygen atoms in total.